The number of nitrogens with zero attached hydrogens (tertiary/aromatic N) is 2. The number of benzene rings is 1. The van der Waals surface area contributed by atoms with Gasteiger partial charge in [0.05, 0.1) is 17.6 Å². The fraction of sp³-hybridized carbons (Fsp3) is 0.667. The quantitative estimate of drug-likeness (QED) is 0.761. The molecule has 0 radical (unpaired) electrons. The number of piperidine rings is 1. The van der Waals surface area contributed by atoms with Crippen molar-refractivity contribution in [2.24, 2.45) is 5.41 Å². The normalized spacial score (nSPS) is 29.0. The van der Waals surface area contributed by atoms with Crippen molar-refractivity contribution in [3.05, 3.63) is 24.3 Å². The van der Waals surface area contributed by atoms with E-state index in [1.165, 1.54) is 0 Å². The molecule has 2 heterocycles. The zero-order valence-corrected chi connectivity index (χ0v) is 18.7. The number of hydrogen-bond acceptors (Lipinski definition) is 5. The first-order valence-corrected chi connectivity index (χ1v) is 11.7. The second-order valence-electron chi connectivity index (χ2n) is 9.64. The molecule has 3 fully saturated rings. The van der Waals surface area contributed by atoms with E-state index in [0.29, 0.717) is 17.6 Å². The van der Waals surface area contributed by atoms with Crippen LogP contribution in [0.25, 0.3) is 0 Å². The van der Waals surface area contributed by atoms with E-state index in [4.69, 9.17) is 4.74 Å². The minimum atomic E-state index is -0.452. The molecular formula is C24H35N3O4. The van der Waals surface area contributed by atoms with Crippen LogP contribution in [0, 0.1) is 5.41 Å². The maximum atomic E-state index is 13.5. The highest BCUT2D eigenvalue weighted by molar-refractivity contribution is 5.87. The molecule has 1 aliphatic carbocycles. The first-order valence-electron chi connectivity index (χ1n) is 11.7. The highest BCUT2D eigenvalue weighted by atomic mass is 16.6. The number of aliphatic hydroxyl groups is 1. The highest BCUT2D eigenvalue weighted by Crippen LogP contribution is 2.43. The second kappa shape index (κ2) is 9.07. The Morgan fingerprint density at radius 2 is 1.84 bits per heavy atom. The van der Waals surface area contributed by atoms with Gasteiger partial charge in [0.15, 0.2) is 0 Å². The number of rotatable bonds is 4. The Morgan fingerprint density at radius 3 is 2.52 bits per heavy atom. The van der Waals surface area contributed by atoms with E-state index >= 15 is 0 Å². The fourth-order valence-electron chi connectivity index (χ4n) is 5.41. The maximum Gasteiger partial charge on any atom is 0.411 e. The van der Waals surface area contributed by atoms with E-state index in [0.717, 1.165) is 70.3 Å². The van der Waals surface area contributed by atoms with Crippen LogP contribution in [0.15, 0.2) is 24.3 Å². The zero-order valence-electron chi connectivity index (χ0n) is 18.7. The van der Waals surface area contributed by atoms with Crippen molar-refractivity contribution in [1.82, 2.24) is 4.90 Å². The van der Waals surface area contributed by atoms with Crippen LogP contribution >= 0.6 is 0 Å². The lowest BCUT2D eigenvalue weighted by molar-refractivity contribution is -0.139. The molecule has 170 valence electrons. The summed E-state index contributed by atoms with van der Waals surface area (Å²) in [5, 5.41) is 12.6. The van der Waals surface area contributed by atoms with E-state index in [9.17, 15) is 14.7 Å². The maximum absolute atomic E-state index is 13.5. The molecular weight excluding hydrogens is 394 g/mol. The smallest absolute Gasteiger partial charge is 0.411 e. The van der Waals surface area contributed by atoms with Crippen LogP contribution < -0.4 is 10.2 Å². The van der Waals surface area contributed by atoms with E-state index in [1.807, 2.05) is 38.1 Å². The van der Waals surface area contributed by atoms with Crippen LogP contribution in [0.2, 0.25) is 0 Å². The standard InChI is InChI=1S/C24H35N3O4/c1-17(2)31-23(30)25-18-4-6-19(7-5-18)26-14-3-12-24(16-26)13-15-27(22(24)29)20-8-10-21(28)11-9-20/h4-7,17,20-21,28H,3,8-16H2,1-2H3,(H,25,30)/t20-,21-,24?. The summed E-state index contributed by atoms with van der Waals surface area (Å²) < 4.78 is 5.13. The summed E-state index contributed by atoms with van der Waals surface area (Å²) >= 11 is 0. The van der Waals surface area contributed by atoms with Crippen molar-refractivity contribution in [1.29, 1.82) is 0 Å². The summed E-state index contributed by atoms with van der Waals surface area (Å²) in [6.45, 7) is 6.16. The monoisotopic (exact) mass is 429 g/mol. The molecule has 1 saturated carbocycles. The molecule has 4 rings (SSSR count). The summed E-state index contributed by atoms with van der Waals surface area (Å²) in [5.74, 6) is 0.313. The van der Waals surface area contributed by atoms with Crippen molar-refractivity contribution in [3.63, 3.8) is 0 Å². The lowest BCUT2D eigenvalue weighted by atomic mass is 9.78. The third kappa shape index (κ3) is 4.81. The van der Waals surface area contributed by atoms with Crippen LogP contribution in [0.4, 0.5) is 16.2 Å². The number of amides is 2. The number of carbonyl (C=O) groups is 2. The van der Waals surface area contributed by atoms with Gasteiger partial charge in [-0.25, -0.2) is 4.79 Å². The molecule has 2 saturated heterocycles. The van der Waals surface area contributed by atoms with E-state index in [1.54, 1.807) is 0 Å². The lowest BCUT2D eigenvalue weighted by Gasteiger charge is -2.41. The fourth-order valence-corrected chi connectivity index (χ4v) is 5.41. The molecule has 1 aromatic carbocycles. The van der Waals surface area contributed by atoms with Crippen molar-refractivity contribution >= 4 is 23.4 Å². The predicted molar refractivity (Wildman–Crippen MR) is 120 cm³/mol. The van der Waals surface area contributed by atoms with Crippen molar-refractivity contribution < 1.29 is 19.4 Å². The van der Waals surface area contributed by atoms with Gasteiger partial charge in [-0.15, -0.1) is 0 Å². The highest BCUT2D eigenvalue weighted by Gasteiger charge is 2.50. The van der Waals surface area contributed by atoms with Gasteiger partial charge >= 0.3 is 6.09 Å². The average Bonchev–Trinajstić information content (AvgIpc) is 3.04. The Bertz CT molecular complexity index is 789. The van der Waals surface area contributed by atoms with Crippen molar-refractivity contribution in [3.8, 4) is 0 Å². The van der Waals surface area contributed by atoms with Crippen LogP contribution in [0.3, 0.4) is 0 Å². The van der Waals surface area contributed by atoms with Gasteiger partial charge in [0, 0.05) is 37.1 Å². The van der Waals surface area contributed by atoms with E-state index in [-0.39, 0.29) is 17.6 Å². The molecule has 2 amide bonds. The zero-order chi connectivity index (χ0) is 22.0. The third-order valence-corrected chi connectivity index (χ3v) is 7.05. The van der Waals surface area contributed by atoms with Gasteiger partial charge in [-0.2, -0.15) is 0 Å². The number of hydrogen-bond donors (Lipinski definition) is 2. The van der Waals surface area contributed by atoms with Crippen LogP contribution in [0.5, 0.6) is 0 Å². The summed E-state index contributed by atoms with van der Waals surface area (Å²) in [5.41, 5.74) is 1.49. The third-order valence-electron chi connectivity index (χ3n) is 7.05. The Balaban J connectivity index is 1.39. The molecule has 0 bridgehead atoms. The van der Waals surface area contributed by atoms with Gasteiger partial charge in [0.1, 0.15) is 0 Å². The SMILES string of the molecule is CC(C)OC(=O)Nc1ccc(N2CCCC3(CCN([C@H]4CC[C@H](O)CC4)C3=O)C2)cc1. The van der Waals surface area contributed by atoms with Crippen molar-refractivity contribution in [2.75, 3.05) is 29.9 Å². The Labute approximate surface area is 184 Å². The molecule has 1 spiro atoms. The van der Waals surface area contributed by atoms with Gasteiger partial charge in [0.2, 0.25) is 5.91 Å². The van der Waals surface area contributed by atoms with Gasteiger partial charge in [-0.05, 0) is 83.1 Å². The molecule has 0 aromatic heterocycles. The molecule has 1 atom stereocenters. The number of ether oxygens (including phenoxy) is 1. The van der Waals surface area contributed by atoms with Crippen LogP contribution in [-0.2, 0) is 9.53 Å². The first kappa shape index (κ1) is 21.9. The van der Waals surface area contributed by atoms with Crippen LogP contribution in [-0.4, -0.2) is 59.9 Å². The molecule has 1 unspecified atom stereocenters. The Hall–Kier alpha value is -2.28. The van der Waals surface area contributed by atoms with Crippen LogP contribution in [0.1, 0.15) is 58.8 Å². The summed E-state index contributed by atoms with van der Waals surface area (Å²) in [7, 11) is 0. The molecule has 31 heavy (non-hydrogen) atoms. The number of likely N-dealkylation sites (tertiary alicyclic amines) is 1. The molecule has 7 nitrogen and oxygen atoms in total. The summed E-state index contributed by atoms with van der Waals surface area (Å²) in [4.78, 5) is 29.7. The van der Waals surface area contributed by atoms with E-state index < -0.39 is 6.09 Å². The second-order valence-corrected chi connectivity index (χ2v) is 9.64. The molecule has 2 N–H and O–H groups in total. The minimum Gasteiger partial charge on any atom is -0.447 e. The Morgan fingerprint density at radius 1 is 1.13 bits per heavy atom. The van der Waals surface area contributed by atoms with E-state index in [2.05, 4.69) is 15.1 Å². The van der Waals surface area contributed by atoms with Gasteiger partial charge < -0.3 is 19.6 Å². The molecule has 2 aliphatic heterocycles. The van der Waals surface area contributed by atoms with Gasteiger partial charge in [-0.1, -0.05) is 0 Å². The molecule has 7 heteroatoms. The first-order chi connectivity index (χ1) is 14.9. The number of aliphatic hydroxyl groups excluding tert-OH is 1. The number of anilines is 2. The average molecular weight is 430 g/mol. The summed E-state index contributed by atoms with van der Waals surface area (Å²) in [6, 6.07) is 8.07. The molecule has 3 aliphatic rings. The number of nitrogens with one attached hydrogen (secondary N) is 1. The minimum absolute atomic E-state index is 0.161. The lowest BCUT2D eigenvalue weighted by Crippen LogP contribution is -2.50. The number of carbonyl (C=O) groups excluding carboxylic acids is 2. The largest absolute Gasteiger partial charge is 0.447 e. The topological polar surface area (TPSA) is 82.1 Å². The Kier molecular flexibility index (Phi) is 6.42. The molecule has 1 aromatic rings. The van der Waals surface area contributed by atoms with Gasteiger partial charge in [-0.3, -0.25) is 10.1 Å². The van der Waals surface area contributed by atoms with Crippen molar-refractivity contribution in [2.45, 2.75) is 77.0 Å². The van der Waals surface area contributed by atoms with Gasteiger partial charge in [0.25, 0.3) is 0 Å². The predicted octanol–water partition coefficient (Wildman–Crippen LogP) is 3.77. The summed E-state index contributed by atoms with van der Waals surface area (Å²) in [6.07, 6.45) is 5.51.